The normalized spacial score (nSPS) is 10.7. The topological polar surface area (TPSA) is 62.2 Å². The number of aliphatic hydroxyl groups is 1. The van der Waals surface area contributed by atoms with E-state index in [0.29, 0.717) is 35.4 Å². The summed E-state index contributed by atoms with van der Waals surface area (Å²) < 4.78 is 0. The van der Waals surface area contributed by atoms with Crippen molar-refractivity contribution in [3.05, 3.63) is 29.6 Å². The van der Waals surface area contributed by atoms with E-state index in [2.05, 4.69) is 49.8 Å². The molecule has 0 radical (unpaired) electrons. The summed E-state index contributed by atoms with van der Waals surface area (Å²) in [5.74, 6) is 6.64. The van der Waals surface area contributed by atoms with Gasteiger partial charge in [-0.15, -0.1) is 0 Å². The van der Waals surface area contributed by atoms with Crippen molar-refractivity contribution >= 4 is 5.91 Å². The van der Waals surface area contributed by atoms with Crippen LogP contribution in [0.5, 0.6) is 0 Å². The molecule has 0 atom stereocenters. The van der Waals surface area contributed by atoms with E-state index in [1.807, 2.05) is 0 Å². The minimum atomic E-state index is -0.207. The van der Waals surface area contributed by atoms with Gasteiger partial charge in [0.15, 0.2) is 0 Å². The molecule has 114 valence electrons. The van der Waals surface area contributed by atoms with Gasteiger partial charge in [0.1, 0.15) is 6.61 Å². The summed E-state index contributed by atoms with van der Waals surface area (Å²) in [6.45, 7) is 9.13. The monoisotopic (exact) mass is 288 g/mol. The molecule has 0 unspecified atom stereocenters. The predicted octanol–water partition coefficient (Wildman–Crippen LogP) is 2.08. The van der Waals surface area contributed by atoms with Gasteiger partial charge >= 0.3 is 0 Å². The standard InChI is InChI=1S/C17H24N2O2/c1-12(2)16(13(3)4)11-19-17(21)15-8-14(6-5-7-20)9-18-10-15/h8-10,12-13,16,20H,7,11H2,1-4H3,(H,19,21). The van der Waals surface area contributed by atoms with Gasteiger partial charge in [-0.1, -0.05) is 39.5 Å². The highest BCUT2D eigenvalue weighted by Crippen LogP contribution is 2.19. The van der Waals surface area contributed by atoms with E-state index < -0.39 is 0 Å². The molecule has 0 aliphatic carbocycles. The van der Waals surface area contributed by atoms with Crippen LogP contribution >= 0.6 is 0 Å². The van der Waals surface area contributed by atoms with E-state index in [-0.39, 0.29) is 12.5 Å². The molecule has 2 N–H and O–H groups in total. The third kappa shape index (κ3) is 5.57. The van der Waals surface area contributed by atoms with Crippen LogP contribution in [0.15, 0.2) is 18.5 Å². The Morgan fingerprint density at radius 3 is 2.52 bits per heavy atom. The van der Waals surface area contributed by atoms with Gasteiger partial charge in [0.25, 0.3) is 5.91 Å². The lowest BCUT2D eigenvalue weighted by molar-refractivity contribution is 0.0937. The van der Waals surface area contributed by atoms with Gasteiger partial charge in [0.2, 0.25) is 0 Å². The molecule has 4 nitrogen and oxygen atoms in total. The number of aromatic nitrogens is 1. The summed E-state index contributed by atoms with van der Waals surface area (Å²) in [4.78, 5) is 16.2. The van der Waals surface area contributed by atoms with Crippen LogP contribution in [0.25, 0.3) is 0 Å². The molecule has 0 aliphatic rings. The van der Waals surface area contributed by atoms with Crippen LogP contribution in [0.3, 0.4) is 0 Å². The number of nitrogens with one attached hydrogen (secondary N) is 1. The highest BCUT2D eigenvalue weighted by molar-refractivity contribution is 5.94. The molecule has 0 aromatic carbocycles. The number of hydrogen-bond acceptors (Lipinski definition) is 3. The zero-order valence-corrected chi connectivity index (χ0v) is 13.2. The van der Waals surface area contributed by atoms with Crippen molar-refractivity contribution in [3.8, 4) is 11.8 Å². The maximum Gasteiger partial charge on any atom is 0.252 e. The van der Waals surface area contributed by atoms with E-state index in [1.54, 1.807) is 12.3 Å². The molecule has 0 saturated carbocycles. The summed E-state index contributed by atoms with van der Waals surface area (Å²) in [5, 5.41) is 11.7. The zero-order valence-electron chi connectivity index (χ0n) is 13.2. The molecule has 1 amide bonds. The summed E-state index contributed by atoms with van der Waals surface area (Å²) in [6.07, 6.45) is 3.10. The third-order valence-electron chi connectivity index (χ3n) is 3.52. The van der Waals surface area contributed by atoms with Gasteiger partial charge in [0, 0.05) is 24.5 Å². The van der Waals surface area contributed by atoms with E-state index in [9.17, 15) is 4.79 Å². The van der Waals surface area contributed by atoms with Crippen LogP contribution in [0.4, 0.5) is 0 Å². The number of amides is 1. The van der Waals surface area contributed by atoms with Gasteiger partial charge in [-0.2, -0.15) is 0 Å². The van der Waals surface area contributed by atoms with E-state index in [0.717, 1.165) is 0 Å². The average Bonchev–Trinajstić information content (AvgIpc) is 2.44. The van der Waals surface area contributed by atoms with Crippen molar-refractivity contribution in [1.82, 2.24) is 10.3 Å². The summed E-state index contributed by atoms with van der Waals surface area (Å²) in [6, 6.07) is 1.69. The van der Waals surface area contributed by atoms with Gasteiger partial charge < -0.3 is 10.4 Å². The molecule has 0 spiro atoms. The first-order valence-electron chi connectivity index (χ1n) is 7.28. The molecule has 21 heavy (non-hydrogen) atoms. The average molecular weight is 288 g/mol. The molecule has 1 rings (SSSR count). The van der Waals surface area contributed by atoms with Gasteiger partial charge in [-0.25, -0.2) is 0 Å². The van der Waals surface area contributed by atoms with Crippen molar-refractivity contribution in [2.24, 2.45) is 17.8 Å². The number of aliphatic hydroxyl groups excluding tert-OH is 1. The maximum atomic E-state index is 12.2. The molecular formula is C17H24N2O2. The number of rotatable bonds is 5. The molecule has 1 aromatic heterocycles. The molecule has 1 aromatic rings. The first-order valence-corrected chi connectivity index (χ1v) is 7.28. The first-order chi connectivity index (χ1) is 9.95. The van der Waals surface area contributed by atoms with Crippen molar-refractivity contribution in [3.63, 3.8) is 0 Å². The molecular weight excluding hydrogens is 264 g/mol. The quantitative estimate of drug-likeness (QED) is 0.816. The number of nitrogens with zero attached hydrogens (tertiary/aromatic N) is 1. The minimum absolute atomic E-state index is 0.138. The second-order valence-corrected chi connectivity index (χ2v) is 5.78. The second kappa shape index (κ2) is 8.43. The largest absolute Gasteiger partial charge is 0.384 e. The van der Waals surface area contributed by atoms with Crippen molar-refractivity contribution in [2.75, 3.05) is 13.2 Å². The smallest absolute Gasteiger partial charge is 0.252 e. The SMILES string of the molecule is CC(C)C(CNC(=O)c1cncc(C#CCO)c1)C(C)C. The Labute approximate surface area is 127 Å². The van der Waals surface area contributed by atoms with Crippen LogP contribution in [0.1, 0.15) is 43.6 Å². The fraction of sp³-hybridized carbons (Fsp3) is 0.529. The third-order valence-corrected chi connectivity index (χ3v) is 3.52. The summed E-state index contributed by atoms with van der Waals surface area (Å²) in [7, 11) is 0. The lowest BCUT2D eigenvalue weighted by Crippen LogP contribution is -2.34. The van der Waals surface area contributed by atoms with E-state index in [4.69, 9.17) is 5.11 Å². The summed E-state index contributed by atoms with van der Waals surface area (Å²) >= 11 is 0. The Hall–Kier alpha value is -1.86. The van der Waals surface area contributed by atoms with Crippen LogP contribution in [0, 0.1) is 29.6 Å². The van der Waals surface area contributed by atoms with Crippen molar-refractivity contribution < 1.29 is 9.90 Å². The Kier molecular flexibility index (Phi) is 6.90. The molecule has 0 saturated heterocycles. The van der Waals surface area contributed by atoms with Gasteiger partial charge in [-0.3, -0.25) is 9.78 Å². The van der Waals surface area contributed by atoms with Crippen molar-refractivity contribution in [2.45, 2.75) is 27.7 Å². The number of pyridine rings is 1. The first kappa shape index (κ1) is 17.2. The lowest BCUT2D eigenvalue weighted by Gasteiger charge is -2.25. The van der Waals surface area contributed by atoms with Crippen LogP contribution in [-0.4, -0.2) is 29.1 Å². The van der Waals surface area contributed by atoms with Crippen LogP contribution in [-0.2, 0) is 0 Å². The Morgan fingerprint density at radius 1 is 1.29 bits per heavy atom. The Bertz CT molecular complexity index is 519. The summed E-state index contributed by atoms with van der Waals surface area (Å²) in [5.41, 5.74) is 1.12. The molecule has 0 fully saturated rings. The fourth-order valence-electron chi connectivity index (χ4n) is 2.33. The Morgan fingerprint density at radius 2 is 1.95 bits per heavy atom. The fourth-order valence-corrected chi connectivity index (χ4v) is 2.33. The maximum absolute atomic E-state index is 12.2. The zero-order chi connectivity index (χ0) is 15.8. The number of carbonyl (C=O) groups excluding carboxylic acids is 1. The van der Waals surface area contributed by atoms with Crippen LogP contribution in [0.2, 0.25) is 0 Å². The Balaban J connectivity index is 2.71. The predicted molar refractivity (Wildman–Crippen MR) is 83.7 cm³/mol. The van der Waals surface area contributed by atoms with Gasteiger partial charge in [0.05, 0.1) is 5.56 Å². The van der Waals surface area contributed by atoms with E-state index in [1.165, 1.54) is 6.20 Å². The molecule has 0 bridgehead atoms. The van der Waals surface area contributed by atoms with E-state index >= 15 is 0 Å². The molecule has 0 aliphatic heterocycles. The number of carbonyl (C=O) groups is 1. The number of hydrogen-bond donors (Lipinski definition) is 2. The highest BCUT2D eigenvalue weighted by Gasteiger charge is 2.18. The van der Waals surface area contributed by atoms with Gasteiger partial charge in [-0.05, 0) is 23.8 Å². The van der Waals surface area contributed by atoms with Crippen molar-refractivity contribution in [1.29, 1.82) is 0 Å². The molecule has 4 heteroatoms. The van der Waals surface area contributed by atoms with Crippen LogP contribution < -0.4 is 5.32 Å². The second-order valence-electron chi connectivity index (χ2n) is 5.78. The lowest BCUT2D eigenvalue weighted by atomic mass is 9.85. The molecule has 1 heterocycles. The minimum Gasteiger partial charge on any atom is -0.384 e. The highest BCUT2D eigenvalue weighted by atomic mass is 16.2.